The van der Waals surface area contributed by atoms with E-state index in [1.807, 2.05) is 13.8 Å². The molecule has 36 heavy (non-hydrogen) atoms. The van der Waals surface area contributed by atoms with Crippen LogP contribution in [0.5, 0.6) is 0 Å². The van der Waals surface area contributed by atoms with Gasteiger partial charge >= 0.3 is 5.97 Å². The molecule has 7 N–H and O–H groups in total. The number of esters is 1. The van der Waals surface area contributed by atoms with Crippen LogP contribution < -0.4 is 22.8 Å². The molecule has 4 aliphatic carbocycles. The van der Waals surface area contributed by atoms with Gasteiger partial charge in [-0.05, 0) is 74.5 Å². The van der Waals surface area contributed by atoms with Gasteiger partial charge in [0.15, 0.2) is 11.2 Å². The highest BCUT2D eigenvalue weighted by molar-refractivity contribution is 5.75. The van der Waals surface area contributed by atoms with Gasteiger partial charge in [0, 0.05) is 6.04 Å². The number of nitrogens with two attached hydrogens (primary N) is 3. The Labute approximate surface area is 211 Å². The van der Waals surface area contributed by atoms with Gasteiger partial charge < -0.3 is 26.7 Å². The largest absolute Gasteiger partial charge is 0.462 e. The van der Waals surface area contributed by atoms with E-state index in [1.54, 1.807) is 0 Å². The zero-order chi connectivity index (χ0) is 26.0. The molecule has 4 fully saturated rings. The van der Waals surface area contributed by atoms with Crippen molar-refractivity contribution in [2.24, 2.45) is 40.6 Å². The Hall–Kier alpha value is -2.50. The molecule has 0 aliphatic heterocycles. The predicted molar refractivity (Wildman–Crippen MR) is 137 cm³/mol. The van der Waals surface area contributed by atoms with E-state index in [0.717, 1.165) is 17.8 Å². The van der Waals surface area contributed by atoms with Gasteiger partial charge in [0.1, 0.15) is 19.4 Å². The minimum atomic E-state index is -0.647. The molecule has 0 radical (unpaired) electrons. The molecule has 0 saturated heterocycles. The van der Waals surface area contributed by atoms with Crippen molar-refractivity contribution >= 4 is 23.1 Å². The monoisotopic (exact) mass is 503 g/mol. The molecule has 0 amide bonds. The minimum absolute atomic E-state index is 0.000790. The van der Waals surface area contributed by atoms with Gasteiger partial charge in [0.05, 0.1) is 12.9 Å². The van der Waals surface area contributed by atoms with Crippen LogP contribution in [-0.4, -0.2) is 50.8 Å². The number of ether oxygens (including phenoxy) is 2. The van der Waals surface area contributed by atoms with E-state index in [4.69, 9.17) is 26.7 Å². The Morgan fingerprint density at radius 2 is 1.75 bits per heavy atom. The number of nitrogens with zero attached hydrogens (tertiary/aromatic N) is 3. The van der Waals surface area contributed by atoms with E-state index >= 15 is 0 Å². The first kappa shape index (κ1) is 26.6. The number of H-pyrrole nitrogens is 1. The van der Waals surface area contributed by atoms with Crippen LogP contribution in [0.1, 0.15) is 59.3 Å². The molecule has 4 bridgehead atoms. The molecule has 4 aliphatic rings. The van der Waals surface area contributed by atoms with E-state index in [-0.39, 0.29) is 37.3 Å². The summed E-state index contributed by atoms with van der Waals surface area (Å²) in [5.74, 6) is 2.71. The Kier molecular flexibility index (Phi) is 8.01. The second-order valence-electron chi connectivity index (χ2n) is 11.4. The molecule has 2 heterocycles. The normalized spacial score (nSPS) is 28.1. The minimum Gasteiger partial charge on any atom is -0.462 e. The maximum atomic E-state index is 11.6. The highest BCUT2D eigenvalue weighted by Gasteiger charge is 2.52. The first-order chi connectivity index (χ1) is 17.1. The molecular weight excluding hydrogens is 462 g/mol. The van der Waals surface area contributed by atoms with Crippen LogP contribution >= 0.6 is 0 Å². The van der Waals surface area contributed by atoms with E-state index in [0.29, 0.717) is 17.1 Å². The number of anilines is 1. The summed E-state index contributed by atoms with van der Waals surface area (Å²) in [6.45, 7) is 6.28. The number of aromatic nitrogens is 4. The van der Waals surface area contributed by atoms with Crippen LogP contribution in [0.2, 0.25) is 0 Å². The van der Waals surface area contributed by atoms with Crippen molar-refractivity contribution in [2.75, 3.05) is 18.9 Å². The second-order valence-corrected chi connectivity index (χ2v) is 11.4. The van der Waals surface area contributed by atoms with E-state index in [2.05, 4.69) is 21.9 Å². The number of rotatable bonds is 8. The lowest BCUT2D eigenvalue weighted by Gasteiger charge is -2.58. The van der Waals surface area contributed by atoms with Crippen LogP contribution in [0.25, 0.3) is 11.2 Å². The second kappa shape index (κ2) is 10.9. The average Bonchev–Trinajstić information content (AvgIpc) is 3.20. The molecule has 2 aromatic rings. The predicted octanol–water partition coefficient (Wildman–Crippen LogP) is 1.75. The zero-order valence-electron chi connectivity index (χ0n) is 21.6. The molecule has 0 unspecified atom stereocenters. The van der Waals surface area contributed by atoms with Crippen molar-refractivity contribution in [1.29, 1.82) is 0 Å². The maximum Gasteiger partial charge on any atom is 0.323 e. The number of nitrogens with one attached hydrogen (secondary N) is 1. The summed E-state index contributed by atoms with van der Waals surface area (Å²) in [5, 5.41) is 0. The maximum absolute atomic E-state index is 11.6. The number of nitrogen functional groups attached to an aromatic ring is 1. The van der Waals surface area contributed by atoms with E-state index < -0.39 is 17.6 Å². The molecule has 0 aromatic carbocycles. The number of imidazole rings is 1. The zero-order valence-corrected chi connectivity index (χ0v) is 21.6. The molecule has 2 aromatic heterocycles. The topological polar surface area (TPSA) is 177 Å². The Bertz CT molecular complexity index is 1070. The van der Waals surface area contributed by atoms with Crippen LogP contribution in [-0.2, 0) is 21.0 Å². The summed E-state index contributed by atoms with van der Waals surface area (Å²) in [6.07, 6.45) is 10.4. The van der Waals surface area contributed by atoms with Crippen molar-refractivity contribution in [3.8, 4) is 0 Å². The number of carbonyl (C=O) groups excluding carboxylic acids is 1. The number of carbonyl (C=O) groups is 1. The fraction of sp³-hybridized carbons (Fsp3) is 0.760. The number of aromatic amines is 1. The van der Waals surface area contributed by atoms with Crippen molar-refractivity contribution < 1.29 is 14.3 Å². The van der Waals surface area contributed by atoms with E-state index in [9.17, 15) is 9.59 Å². The highest BCUT2D eigenvalue weighted by Crippen LogP contribution is 2.60. The molecule has 11 nitrogen and oxygen atoms in total. The van der Waals surface area contributed by atoms with Crippen molar-refractivity contribution in [2.45, 2.75) is 78.1 Å². The fourth-order valence-corrected chi connectivity index (χ4v) is 6.53. The van der Waals surface area contributed by atoms with Crippen LogP contribution in [0, 0.1) is 29.1 Å². The molecular formula is C25H41N7O4. The SMILES string of the molecule is CC(C)[C@H](N)C(=O)OCCOCn1cnc2c(=O)[nH]c(N)nc21.C[C@@H](N)C12CC3CC(CC(C3)C1)C2. The summed E-state index contributed by atoms with van der Waals surface area (Å²) in [4.78, 5) is 33.5. The van der Waals surface area contributed by atoms with Gasteiger partial charge in [-0.2, -0.15) is 4.98 Å². The summed E-state index contributed by atoms with van der Waals surface area (Å²) in [7, 11) is 0. The van der Waals surface area contributed by atoms with Gasteiger partial charge in [0.2, 0.25) is 5.95 Å². The first-order valence-corrected chi connectivity index (χ1v) is 13.0. The summed E-state index contributed by atoms with van der Waals surface area (Å²) >= 11 is 0. The fourth-order valence-electron chi connectivity index (χ4n) is 6.53. The lowest BCUT2D eigenvalue weighted by molar-refractivity contribution is -0.148. The average molecular weight is 504 g/mol. The molecule has 2 atom stereocenters. The quantitative estimate of drug-likeness (QED) is 0.308. The van der Waals surface area contributed by atoms with Crippen LogP contribution in [0.3, 0.4) is 0 Å². The van der Waals surface area contributed by atoms with Crippen LogP contribution in [0.4, 0.5) is 5.95 Å². The van der Waals surface area contributed by atoms with Gasteiger partial charge in [-0.15, -0.1) is 0 Å². The summed E-state index contributed by atoms with van der Waals surface area (Å²) in [5.41, 5.74) is 18.0. The third-order valence-electron chi connectivity index (χ3n) is 8.24. The van der Waals surface area contributed by atoms with Gasteiger partial charge in [-0.25, -0.2) is 4.98 Å². The molecule has 6 rings (SSSR count). The molecule has 4 saturated carbocycles. The Balaban J connectivity index is 0.000000195. The molecule has 200 valence electrons. The van der Waals surface area contributed by atoms with Crippen LogP contribution in [0.15, 0.2) is 11.1 Å². The van der Waals surface area contributed by atoms with Crippen molar-refractivity contribution in [3.63, 3.8) is 0 Å². The first-order valence-electron chi connectivity index (χ1n) is 13.0. The summed E-state index contributed by atoms with van der Waals surface area (Å²) in [6, 6.07) is -0.201. The van der Waals surface area contributed by atoms with Gasteiger partial charge in [-0.1, -0.05) is 13.8 Å². The number of hydrogen-bond donors (Lipinski definition) is 4. The Morgan fingerprint density at radius 3 is 2.31 bits per heavy atom. The number of hydrogen-bond acceptors (Lipinski definition) is 9. The van der Waals surface area contributed by atoms with E-state index in [1.165, 1.54) is 49.4 Å². The molecule has 11 heteroatoms. The smallest absolute Gasteiger partial charge is 0.323 e. The lowest BCUT2D eigenvalue weighted by Crippen LogP contribution is -2.53. The van der Waals surface area contributed by atoms with Crippen molar-refractivity contribution in [1.82, 2.24) is 19.5 Å². The Morgan fingerprint density at radius 1 is 1.14 bits per heavy atom. The van der Waals surface area contributed by atoms with Gasteiger partial charge in [-0.3, -0.25) is 19.1 Å². The molecule has 0 spiro atoms. The highest BCUT2D eigenvalue weighted by atomic mass is 16.6. The third-order valence-corrected chi connectivity index (χ3v) is 8.24. The van der Waals surface area contributed by atoms with Crippen molar-refractivity contribution in [3.05, 3.63) is 16.7 Å². The summed E-state index contributed by atoms with van der Waals surface area (Å²) < 4.78 is 11.9. The lowest BCUT2D eigenvalue weighted by atomic mass is 9.48. The number of fused-ring (bicyclic) bond motifs is 1. The third kappa shape index (κ3) is 5.73. The van der Waals surface area contributed by atoms with Gasteiger partial charge in [0.25, 0.3) is 5.56 Å². The standard InChI is InChI=1S/C13H20N6O4.C12H21N/c1-7(2)8(14)12(21)23-4-3-22-6-19-5-16-9-10(19)17-13(15)18-11(9)20;1-8(13)12-5-9-2-10(6-12)4-11(3-9)7-12/h5,7-8H,3-4,6,14H2,1-2H3,(H3,15,17,18,20);8-11H,2-7,13H2,1H3/t8-;8-,9?,10?,11?,12?/m01/s1.